The highest BCUT2D eigenvalue weighted by Gasteiger charge is 2.56. The molecule has 2 N–H and O–H groups in total. The lowest BCUT2D eigenvalue weighted by Crippen LogP contribution is -2.62. The molecule has 3 atom stereocenters. The molecule has 3 heteroatoms. The average Bonchev–Trinajstić information content (AvgIpc) is 2.40. The first kappa shape index (κ1) is 11.5. The molecule has 2 aliphatic carbocycles. The summed E-state index contributed by atoms with van der Waals surface area (Å²) in [6.45, 7) is 0.919. The molecular formula is C16H19NO2. The normalized spacial score (nSPS) is 36.5. The van der Waals surface area contributed by atoms with E-state index in [1.807, 2.05) is 12.1 Å². The predicted molar refractivity (Wildman–Crippen MR) is 72.2 cm³/mol. The number of carbonyl (C=O) groups excluding carboxylic acids is 1. The Morgan fingerprint density at radius 3 is 3.16 bits per heavy atom. The van der Waals surface area contributed by atoms with Gasteiger partial charge in [0.25, 0.3) is 0 Å². The Balaban J connectivity index is 1.97. The molecule has 1 saturated carbocycles. The van der Waals surface area contributed by atoms with Crippen LogP contribution in [0.1, 0.15) is 36.8 Å². The zero-order valence-corrected chi connectivity index (χ0v) is 11.0. The minimum Gasteiger partial charge on any atom is -0.508 e. The molecule has 1 aliphatic heterocycles. The van der Waals surface area contributed by atoms with Crippen LogP contribution < -0.4 is 5.32 Å². The molecule has 0 aromatic heterocycles. The number of hydrogen-bond donors (Lipinski definition) is 2. The van der Waals surface area contributed by atoms with Gasteiger partial charge in [-0.15, -0.1) is 0 Å². The Hall–Kier alpha value is -1.35. The molecule has 4 rings (SSSR count). The van der Waals surface area contributed by atoms with Crippen LogP contribution in [0, 0.1) is 5.92 Å². The molecule has 0 radical (unpaired) electrons. The van der Waals surface area contributed by atoms with Crippen LogP contribution in [-0.2, 0) is 16.6 Å². The number of phenolic OH excluding ortho intramolecular Hbond substituents is 1. The Kier molecular flexibility index (Phi) is 2.31. The second-order valence-corrected chi connectivity index (χ2v) is 6.25. The highest BCUT2D eigenvalue weighted by Crippen LogP contribution is 2.52. The van der Waals surface area contributed by atoms with Crippen molar-refractivity contribution < 1.29 is 9.90 Å². The van der Waals surface area contributed by atoms with Crippen molar-refractivity contribution in [3.05, 3.63) is 29.3 Å². The standard InChI is InChI=1S/C16H19NO2/c18-11-5-4-10-8-14-12-2-1-3-15(19)16(12,6-7-17-14)13(10)9-11/h4-5,9,12,14,17-18H,1-3,6-8H2/t12-,14+,16-/m0/s1. The second kappa shape index (κ2) is 3.83. The quantitative estimate of drug-likeness (QED) is 0.746. The van der Waals surface area contributed by atoms with Gasteiger partial charge in [0.2, 0.25) is 0 Å². The van der Waals surface area contributed by atoms with Crippen molar-refractivity contribution in [1.29, 1.82) is 0 Å². The molecule has 2 fully saturated rings. The van der Waals surface area contributed by atoms with Crippen LogP contribution in [0.5, 0.6) is 5.75 Å². The molecule has 0 unspecified atom stereocenters. The zero-order chi connectivity index (χ0) is 13.0. The SMILES string of the molecule is O=C1CCC[C@H]2[C@H]3Cc4ccc(O)cc4[C@@]12CCN3. The molecule has 3 aliphatic rings. The number of carbonyl (C=O) groups is 1. The van der Waals surface area contributed by atoms with Crippen LogP contribution in [0.25, 0.3) is 0 Å². The van der Waals surface area contributed by atoms with E-state index in [-0.39, 0.29) is 5.41 Å². The first-order valence-electron chi connectivity index (χ1n) is 7.31. The van der Waals surface area contributed by atoms with Crippen molar-refractivity contribution >= 4 is 5.78 Å². The van der Waals surface area contributed by atoms with Gasteiger partial charge < -0.3 is 10.4 Å². The van der Waals surface area contributed by atoms with Gasteiger partial charge in [-0.05, 0) is 61.4 Å². The van der Waals surface area contributed by atoms with E-state index in [2.05, 4.69) is 5.32 Å². The molecule has 19 heavy (non-hydrogen) atoms. The lowest BCUT2D eigenvalue weighted by atomic mass is 9.52. The van der Waals surface area contributed by atoms with E-state index in [0.717, 1.165) is 37.8 Å². The molecule has 100 valence electrons. The molecular weight excluding hydrogens is 238 g/mol. The fraction of sp³-hybridized carbons (Fsp3) is 0.562. The molecule has 0 amide bonds. The van der Waals surface area contributed by atoms with Crippen LogP contribution in [0.4, 0.5) is 0 Å². The van der Waals surface area contributed by atoms with Gasteiger partial charge in [0.15, 0.2) is 0 Å². The van der Waals surface area contributed by atoms with Crippen molar-refractivity contribution in [2.24, 2.45) is 5.92 Å². The van der Waals surface area contributed by atoms with Gasteiger partial charge in [0.1, 0.15) is 11.5 Å². The number of rotatable bonds is 0. The van der Waals surface area contributed by atoms with Gasteiger partial charge >= 0.3 is 0 Å². The van der Waals surface area contributed by atoms with E-state index in [1.54, 1.807) is 6.07 Å². The summed E-state index contributed by atoms with van der Waals surface area (Å²) in [5.74, 6) is 1.13. The van der Waals surface area contributed by atoms with Gasteiger partial charge in [-0.25, -0.2) is 0 Å². The van der Waals surface area contributed by atoms with E-state index in [0.29, 0.717) is 29.9 Å². The van der Waals surface area contributed by atoms with Gasteiger partial charge in [-0.2, -0.15) is 0 Å². The second-order valence-electron chi connectivity index (χ2n) is 6.25. The first-order chi connectivity index (χ1) is 9.22. The first-order valence-corrected chi connectivity index (χ1v) is 7.31. The monoisotopic (exact) mass is 257 g/mol. The molecule has 1 heterocycles. The van der Waals surface area contributed by atoms with Crippen molar-refractivity contribution in [2.75, 3.05) is 6.54 Å². The maximum absolute atomic E-state index is 12.7. The number of ketones is 1. The van der Waals surface area contributed by atoms with E-state index < -0.39 is 0 Å². The van der Waals surface area contributed by atoms with Crippen molar-refractivity contribution in [3.63, 3.8) is 0 Å². The predicted octanol–water partition coefficient (Wildman–Crippen LogP) is 1.92. The summed E-state index contributed by atoms with van der Waals surface area (Å²) >= 11 is 0. The summed E-state index contributed by atoms with van der Waals surface area (Å²) in [6, 6.07) is 6.05. The van der Waals surface area contributed by atoms with E-state index in [4.69, 9.17) is 0 Å². The number of Topliss-reactive ketones (excluding diaryl/α,β-unsaturated/α-hetero) is 1. The molecule has 0 spiro atoms. The minimum atomic E-state index is -0.305. The third-order valence-electron chi connectivity index (χ3n) is 5.47. The number of piperidine rings is 1. The largest absolute Gasteiger partial charge is 0.508 e. The topological polar surface area (TPSA) is 49.3 Å². The Morgan fingerprint density at radius 1 is 1.37 bits per heavy atom. The van der Waals surface area contributed by atoms with E-state index in [1.165, 1.54) is 5.56 Å². The Bertz CT molecular complexity index is 554. The van der Waals surface area contributed by atoms with E-state index >= 15 is 0 Å². The summed E-state index contributed by atoms with van der Waals surface area (Å²) in [5.41, 5.74) is 2.07. The molecule has 1 aromatic carbocycles. The van der Waals surface area contributed by atoms with E-state index in [9.17, 15) is 9.90 Å². The lowest BCUT2D eigenvalue weighted by molar-refractivity contribution is -0.132. The third-order valence-corrected chi connectivity index (χ3v) is 5.47. The third kappa shape index (κ3) is 1.39. The summed E-state index contributed by atoms with van der Waals surface area (Å²) in [4.78, 5) is 12.7. The van der Waals surface area contributed by atoms with Gasteiger partial charge in [-0.3, -0.25) is 4.79 Å². The number of phenols is 1. The smallest absolute Gasteiger partial charge is 0.143 e. The maximum atomic E-state index is 12.7. The van der Waals surface area contributed by atoms with Gasteiger partial charge in [0.05, 0.1) is 5.41 Å². The summed E-state index contributed by atoms with van der Waals surface area (Å²) < 4.78 is 0. The highest BCUT2D eigenvalue weighted by atomic mass is 16.3. The molecule has 2 bridgehead atoms. The van der Waals surface area contributed by atoms with Crippen LogP contribution in [-0.4, -0.2) is 23.5 Å². The number of benzene rings is 1. The maximum Gasteiger partial charge on any atom is 0.143 e. The highest BCUT2D eigenvalue weighted by molar-refractivity contribution is 5.92. The lowest BCUT2D eigenvalue weighted by Gasteiger charge is -2.54. The zero-order valence-electron chi connectivity index (χ0n) is 11.0. The summed E-state index contributed by atoms with van der Waals surface area (Å²) in [6.07, 6.45) is 4.76. The minimum absolute atomic E-state index is 0.294. The van der Waals surface area contributed by atoms with Crippen molar-refractivity contribution in [1.82, 2.24) is 5.32 Å². The number of aromatic hydroxyl groups is 1. The number of fused-ring (bicyclic) bond motifs is 1. The fourth-order valence-corrected chi connectivity index (χ4v) is 4.72. The summed E-state index contributed by atoms with van der Waals surface area (Å²) in [7, 11) is 0. The molecule has 3 nitrogen and oxygen atoms in total. The van der Waals surface area contributed by atoms with Crippen LogP contribution in [0.2, 0.25) is 0 Å². The van der Waals surface area contributed by atoms with Crippen LogP contribution in [0.3, 0.4) is 0 Å². The Morgan fingerprint density at radius 2 is 2.26 bits per heavy atom. The Labute approximate surface area is 113 Å². The van der Waals surface area contributed by atoms with Crippen LogP contribution >= 0.6 is 0 Å². The van der Waals surface area contributed by atoms with Crippen molar-refractivity contribution in [2.45, 2.75) is 43.6 Å². The van der Waals surface area contributed by atoms with Gasteiger partial charge in [-0.1, -0.05) is 6.07 Å². The average molecular weight is 257 g/mol. The number of nitrogens with one attached hydrogen (secondary N) is 1. The molecule has 1 saturated heterocycles. The van der Waals surface area contributed by atoms with Crippen molar-refractivity contribution in [3.8, 4) is 5.75 Å². The molecule has 1 aromatic rings. The van der Waals surface area contributed by atoms with Gasteiger partial charge in [0, 0.05) is 12.5 Å². The summed E-state index contributed by atoms with van der Waals surface area (Å²) in [5, 5.41) is 13.4. The fourth-order valence-electron chi connectivity index (χ4n) is 4.72. The number of hydrogen-bond acceptors (Lipinski definition) is 3. The van der Waals surface area contributed by atoms with Crippen LogP contribution in [0.15, 0.2) is 18.2 Å².